The molecule has 120 valence electrons. The summed E-state index contributed by atoms with van der Waals surface area (Å²) < 4.78 is 5.20. The van der Waals surface area contributed by atoms with Crippen LogP contribution in [0.3, 0.4) is 0 Å². The van der Waals surface area contributed by atoms with Crippen LogP contribution in [0.15, 0.2) is 48.5 Å². The Balaban J connectivity index is 1.90. The van der Waals surface area contributed by atoms with Crippen molar-refractivity contribution in [2.75, 3.05) is 17.3 Å². The van der Waals surface area contributed by atoms with Crippen LogP contribution in [-0.4, -0.2) is 19.1 Å². The number of hydrogen-bond acceptors (Lipinski definition) is 3. The van der Waals surface area contributed by atoms with Gasteiger partial charge in [-0.05, 0) is 49.2 Å². The monoisotopic (exact) mass is 310 g/mol. The molecule has 4 heteroatoms. The van der Waals surface area contributed by atoms with Gasteiger partial charge in [-0.2, -0.15) is 0 Å². The Hall–Kier alpha value is -2.49. The van der Waals surface area contributed by atoms with Gasteiger partial charge in [0.15, 0.2) is 0 Å². The number of rotatable bonds is 3. The molecule has 1 heterocycles. The summed E-state index contributed by atoms with van der Waals surface area (Å²) in [6.45, 7) is 3.73. The number of nitrogens with zero attached hydrogens (tertiary/aromatic N) is 1. The molecule has 3 rings (SSSR count). The van der Waals surface area contributed by atoms with Gasteiger partial charge in [0.2, 0.25) is 5.91 Å². The summed E-state index contributed by atoms with van der Waals surface area (Å²) in [5, 5.41) is 3.58. The van der Waals surface area contributed by atoms with Gasteiger partial charge in [-0.25, -0.2) is 0 Å². The van der Waals surface area contributed by atoms with E-state index < -0.39 is 0 Å². The standard InChI is InChI=1S/C19H22N2O2/c1-13-12-18(20-15-8-10-16(23-3)11-9-15)17-6-4-5-7-19(17)21(13)14(2)22/h4-11,13,18,20H,12H2,1-3H3. The summed E-state index contributed by atoms with van der Waals surface area (Å²) in [7, 11) is 1.66. The highest BCUT2D eigenvalue weighted by molar-refractivity contribution is 5.93. The summed E-state index contributed by atoms with van der Waals surface area (Å²) in [5.41, 5.74) is 3.22. The third kappa shape index (κ3) is 3.02. The number of carbonyl (C=O) groups is 1. The van der Waals surface area contributed by atoms with E-state index in [4.69, 9.17) is 4.74 Å². The molecular weight excluding hydrogens is 288 g/mol. The molecule has 23 heavy (non-hydrogen) atoms. The lowest BCUT2D eigenvalue weighted by molar-refractivity contribution is -0.117. The summed E-state index contributed by atoms with van der Waals surface area (Å²) in [4.78, 5) is 13.9. The molecule has 0 spiro atoms. The van der Waals surface area contributed by atoms with Crippen molar-refractivity contribution in [2.24, 2.45) is 0 Å². The zero-order valence-corrected chi connectivity index (χ0v) is 13.7. The predicted molar refractivity (Wildman–Crippen MR) is 93.0 cm³/mol. The van der Waals surface area contributed by atoms with Crippen LogP contribution in [0.5, 0.6) is 5.75 Å². The summed E-state index contributed by atoms with van der Waals surface area (Å²) in [5.74, 6) is 0.934. The molecule has 1 amide bonds. The van der Waals surface area contributed by atoms with Gasteiger partial charge in [-0.3, -0.25) is 4.79 Å². The van der Waals surface area contributed by atoms with E-state index >= 15 is 0 Å². The average molecular weight is 310 g/mol. The van der Waals surface area contributed by atoms with Crippen molar-refractivity contribution in [1.29, 1.82) is 0 Å². The van der Waals surface area contributed by atoms with Gasteiger partial charge in [0.25, 0.3) is 0 Å². The average Bonchev–Trinajstić information content (AvgIpc) is 2.55. The number of methoxy groups -OCH3 is 1. The Morgan fingerprint density at radius 3 is 2.52 bits per heavy atom. The summed E-state index contributed by atoms with van der Waals surface area (Å²) in [6, 6.07) is 16.4. The van der Waals surface area contributed by atoms with Crippen molar-refractivity contribution in [3.05, 3.63) is 54.1 Å². The zero-order chi connectivity index (χ0) is 16.4. The minimum Gasteiger partial charge on any atom is -0.497 e. The Labute approximate surface area is 137 Å². The molecular formula is C19H22N2O2. The van der Waals surface area contributed by atoms with Gasteiger partial charge in [0, 0.05) is 24.3 Å². The van der Waals surface area contributed by atoms with Crippen molar-refractivity contribution in [2.45, 2.75) is 32.4 Å². The molecule has 1 aliphatic heterocycles. The smallest absolute Gasteiger partial charge is 0.224 e. The number of hydrogen-bond donors (Lipinski definition) is 1. The lowest BCUT2D eigenvalue weighted by atomic mass is 9.91. The maximum atomic E-state index is 12.0. The van der Waals surface area contributed by atoms with Gasteiger partial charge in [0.1, 0.15) is 5.75 Å². The number of ether oxygens (including phenoxy) is 1. The van der Waals surface area contributed by atoms with Crippen LogP contribution in [0.1, 0.15) is 31.9 Å². The van der Waals surface area contributed by atoms with Crippen LogP contribution in [-0.2, 0) is 4.79 Å². The molecule has 0 aliphatic carbocycles. The fraction of sp³-hybridized carbons (Fsp3) is 0.316. The maximum absolute atomic E-state index is 12.0. The first-order chi connectivity index (χ1) is 11.1. The number of benzene rings is 2. The van der Waals surface area contributed by atoms with Crippen LogP contribution in [0.25, 0.3) is 0 Å². The highest BCUT2D eigenvalue weighted by Crippen LogP contribution is 2.38. The molecule has 2 atom stereocenters. The minimum absolute atomic E-state index is 0.0906. The van der Waals surface area contributed by atoms with Crippen molar-refractivity contribution < 1.29 is 9.53 Å². The third-order valence-electron chi connectivity index (χ3n) is 4.36. The van der Waals surface area contributed by atoms with E-state index in [2.05, 4.69) is 18.3 Å². The molecule has 2 aromatic carbocycles. The molecule has 0 radical (unpaired) electrons. The molecule has 2 aromatic rings. The zero-order valence-electron chi connectivity index (χ0n) is 13.7. The number of para-hydroxylation sites is 1. The topological polar surface area (TPSA) is 41.6 Å². The molecule has 0 bridgehead atoms. The highest BCUT2D eigenvalue weighted by atomic mass is 16.5. The first kappa shape index (κ1) is 15.4. The Bertz CT molecular complexity index is 697. The second-order valence-electron chi connectivity index (χ2n) is 5.96. The van der Waals surface area contributed by atoms with E-state index in [1.165, 1.54) is 0 Å². The molecule has 0 saturated carbocycles. The lowest BCUT2D eigenvalue weighted by Crippen LogP contribution is -2.43. The quantitative estimate of drug-likeness (QED) is 0.932. The van der Waals surface area contributed by atoms with Crippen molar-refractivity contribution in [3.63, 3.8) is 0 Å². The van der Waals surface area contributed by atoms with E-state index in [9.17, 15) is 4.79 Å². The van der Waals surface area contributed by atoms with Crippen molar-refractivity contribution in [1.82, 2.24) is 0 Å². The fourth-order valence-electron chi connectivity index (χ4n) is 3.32. The SMILES string of the molecule is COc1ccc(NC2CC(C)N(C(C)=O)c3ccccc32)cc1. The van der Waals surface area contributed by atoms with E-state index in [1.807, 2.05) is 47.4 Å². The second kappa shape index (κ2) is 6.32. The Morgan fingerprint density at radius 1 is 1.17 bits per heavy atom. The van der Waals surface area contributed by atoms with Crippen molar-refractivity contribution in [3.8, 4) is 5.75 Å². The van der Waals surface area contributed by atoms with Crippen molar-refractivity contribution >= 4 is 17.3 Å². The van der Waals surface area contributed by atoms with E-state index in [0.717, 1.165) is 29.1 Å². The molecule has 0 fully saturated rings. The summed E-state index contributed by atoms with van der Waals surface area (Å²) >= 11 is 0. The minimum atomic E-state index is 0.0906. The molecule has 1 N–H and O–H groups in total. The third-order valence-corrected chi connectivity index (χ3v) is 4.36. The normalized spacial score (nSPS) is 19.9. The van der Waals surface area contributed by atoms with E-state index in [-0.39, 0.29) is 18.0 Å². The first-order valence-electron chi connectivity index (χ1n) is 7.89. The molecule has 2 unspecified atom stereocenters. The number of anilines is 2. The number of amides is 1. The number of carbonyl (C=O) groups excluding carboxylic acids is 1. The van der Waals surface area contributed by atoms with Crippen LogP contribution in [0.2, 0.25) is 0 Å². The van der Waals surface area contributed by atoms with Crippen LogP contribution in [0, 0.1) is 0 Å². The molecule has 0 saturated heterocycles. The van der Waals surface area contributed by atoms with Gasteiger partial charge in [0.05, 0.1) is 13.2 Å². The van der Waals surface area contributed by atoms with Crippen LogP contribution >= 0.6 is 0 Å². The van der Waals surface area contributed by atoms with E-state index in [1.54, 1.807) is 14.0 Å². The Kier molecular flexibility index (Phi) is 4.24. The highest BCUT2D eigenvalue weighted by Gasteiger charge is 2.31. The van der Waals surface area contributed by atoms with Gasteiger partial charge < -0.3 is 15.0 Å². The maximum Gasteiger partial charge on any atom is 0.224 e. The van der Waals surface area contributed by atoms with Gasteiger partial charge >= 0.3 is 0 Å². The number of fused-ring (bicyclic) bond motifs is 1. The summed E-state index contributed by atoms with van der Waals surface area (Å²) in [6.07, 6.45) is 0.878. The lowest BCUT2D eigenvalue weighted by Gasteiger charge is -2.39. The largest absolute Gasteiger partial charge is 0.497 e. The Morgan fingerprint density at radius 2 is 1.87 bits per heavy atom. The molecule has 1 aliphatic rings. The molecule has 0 aromatic heterocycles. The first-order valence-corrected chi connectivity index (χ1v) is 7.89. The van der Waals surface area contributed by atoms with Crippen LogP contribution < -0.4 is 15.0 Å². The second-order valence-corrected chi connectivity index (χ2v) is 5.96. The van der Waals surface area contributed by atoms with E-state index in [0.29, 0.717) is 0 Å². The van der Waals surface area contributed by atoms with Gasteiger partial charge in [-0.15, -0.1) is 0 Å². The molecule has 4 nitrogen and oxygen atoms in total. The predicted octanol–water partition coefficient (Wildman–Crippen LogP) is 3.99. The number of nitrogens with one attached hydrogen (secondary N) is 1. The van der Waals surface area contributed by atoms with Crippen LogP contribution in [0.4, 0.5) is 11.4 Å². The fourth-order valence-corrected chi connectivity index (χ4v) is 3.32. The van der Waals surface area contributed by atoms with Gasteiger partial charge in [-0.1, -0.05) is 18.2 Å².